The second kappa shape index (κ2) is 5.02. The van der Waals surface area contributed by atoms with Crippen LogP contribution >= 0.6 is 15.9 Å². The summed E-state index contributed by atoms with van der Waals surface area (Å²) < 4.78 is 19.0. The molecule has 1 aromatic carbocycles. The standard InChI is InChI=1S/C12H7BrFN3O/c13-7-4-9(16)12(5-8(7)14)18-11-2-1-3-17-10(11)6-15/h1-5H,16H2. The number of hydrogen-bond acceptors (Lipinski definition) is 4. The highest BCUT2D eigenvalue weighted by atomic mass is 79.9. The van der Waals surface area contributed by atoms with Gasteiger partial charge in [-0.25, -0.2) is 9.37 Å². The number of hydrogen-bond donors (Lipinski definition) is 1. The van der Waals surface area contributed by atoms with Gasteiger partial charge in [0.1, 0.15) is 11.9 Å². The number of pyridine rings is 1. The highest BCUT2D eigenvalue weighted by Gasteiger charge is 2.10. The predicted octanol–water partition coefficient (Wildman–Crippen LogP) is 3.23. The quantitative estimate of drug-likeness (QED) is 0.865. The van der Waals surface area contributed by atoms with E-state index in [1.54, 1.807) is 12.1 Å². The Morgan fingerprint density at radius 2 is 2.17 bits per heavy atom. The molecule has 90 valence electrons. The summed E-state index contributed by atoms with van der Waals surface area (Å²) in [5.41, 5.74) is 6.08. The number of benzene rings is 1. The van der Waals surface area contributed by atoms with Crippen molar-refractivity contribution >= 4 is 21.6 Å². The fraction of sp³-hybridized carbons (Fsp3) is 0. The van der Waals surface area contributed by atoms with E-state index in [1.807, 2.05) is 6.07 Å². The van der Waals surface area contributed by atoms with Gasteiger partial charge in [0.25, 0.3) is 0 Å². The summed E-state index contributed by atoms with van der Waals surface area (Å²) in [5, 5.41) is 8.86. The molecule has 0 unspecified atom stereocenters. The zero-order chi connectivity index (χ0) is 13.1. The molecule has 0 aliphatic carbocycles. The number of nitrogens with zero attached hydrogens (tertiary/aromatic N) is 2. The van der Waals surface area contributed by atoms with E-state index in [4.69, 9.17) is 15.7 Å². The van der Waals surface area contributed by atoms with Crippen LogP contribution in [0.4, 0.5) is 10.1 Å². The number of nitriles is 1. The van der Waals surface area contributed by atoms with E-state index in [2.05, 4.69) is 20.9 Å². The second-order valence-electron chi connectivity index (χ2n) is 3.37. The SMILES string of the molecule is N#Cc1ncccc1Oc1cc(F)c(Br)cc1N. The van der Waals surface area contributed by atoms with E-state index in [0.29, 0.717) is 0 Å². The third-order valence-corrected chi connectivity index (χ3v) is 2.76. The van der Waals surface area contributed by atoms with Crippen LogP contribution in [0.5, 0.6) is 11.5 Å². The Morgan fingerprint density at radius 3 is 2.89 bits per heavy atom. The second-order valence-corrected chi connectivity index (χ2v) is 4.22. The minimum absolute atomic E-state index is 0.111. The molecule has 2 rings (SSSR count). The first-order valence-corrected chi connectivity index (χ1v) is 5.68. The zero-order valence-electron chi connectivity index (χ0n) is 9.02. The van der Waals surface area contributed by atoms with Gasteiger partial charge in [-0.3, -0.25) is 0 Å². The van der Waals surface area contributed by atoms with Crippen LogP contribution in [0.1, 0.15) is 5.69 Å². The molecule has 1 heterocycles. The van der Waals surface area contributed by atoms with Crippen LogP contribution in [0.15, 0.2) is 34.9 Å². The van der Waals surface area contributed by atoms with Crippen LogP contribution in [0.25, 0.3) is 0 Å². The van der Waals surface area contributed by atoms with Crippen LogP contribution in [0.2, 0.25) is 0 Å². The molecule has 0 atom stereocenters. The lowest BCUT2D eigenvalue weighted by molar-refractivity contribution is 0.474. The molecule has 0 spiro atoms. The fourth-order valence-corrected chi connectivity index (χ4v) is 1.67. The summed E-state index contributed by atoms with van der Waals surface area (Å²) >= 11 is 3.02. The molecule has 0 aliphatic rings. The number of halogens is 2. The zero-order valence-corrected chi connectivity index (χ0v) is 10.6. The van der Waals surface area contributed by atoms with Gasteiger partial charge in [-0.2, -0.15) is 5.26 Å². The van der Waals surface area contributed by atoms with Crippen LogP contribution in [0, 0.1) is 17.1 Å². The van der Waals surface area contributed by atoms with Crippen molar-refractivity contribution in [2.75, 3.05) is 5.73 Å². The maximum Gasteiger partial charge on any atom is 0.183 e. The summed E-state index contributed by atoms with van der Waals surface area (Å²) in [6, 6.07) is 7.60. The van der Waals surface area contributed by atoms with Crippen LogP contribution < -0.4 is 10.5 Å². The van der Waals surface area contributed by atoms with Gasteiger partial charge >= 0.3 is 0 Å². The molecule has 0 saturated carbocycles. The summed E-state index contributed by atoms with van der Waals surface area (Å²) in [7, 11) is 0. The van der Waals surface area contributed by atoms with E-state index in [1.165, 1.54) is 12.3 Å². The maximum absolute atomic E-state index is 13.4. The van der Waals surface area contributed by atoms with Crippen molar-refractivity contribution in [3.8, 4) is 17.6 Å². The number of rotatable bonds is 2. The minimum Gasteiger partial charge on any atom is -0.452 e. The summed E-state index contributed by atoms with van der Waals surface area (Å²) in [4.78, 5) is 3.83. The Balaban J connectivity index is 2.41. The first-order chi connectivity index (χ1) is 8.61. The normalized spacial score (nSPS) is 9.83. The summed E-state index contributed by atoms with van der Waals surface area (Å²) in [6.07, 6.45) is 1.47. The average molecular weight is 308 g/mol. The molecule has 0 radical (unpaired) electrons. The van der Waals surface area contributed by atoms with Crippen molar-refractivity contribution in [2.24, 2.45) is 0 Å². The molecule has 18 heavy (non-hydrogen) atoms. The van der Waals surface area contributed by atoms with Crippen molar-refractivity contribution in [1.29, 1.82) is 5.26 Å². The van der Waals surface area contributed by atoms with Crippen LogP contribution in [-0.2, 0) is 0 Å². The smallest absolute Gasteiger partial charge is 0.183 e. The molecule has 1 aromatic heterocycles. The van der Waals surface area contributed by atoms with Gasteiger partial charge in [0, 0.05) is 12.3 Å². The van der Waals surface area contributed by atoms with E-state index >= 15 is 0 Å². The molecule has 4 nitrogen and oxygen atoms in total. The molecule has 0 amide bonds. The molecule has 6 heteroatoms. The molecule has 0 saturated heterocycles. The first-order valence-electron chi connectivity index (χ1n) is 4.89. The third kappa shape index (κ3) is 2.41. The fourth-order valence-electron chi connectivity index (χ4n) is 1.31. The predicted molar refractivity (Wildman–Crippen MR) is 67.5 cm³/mol. The van der Waals surface area contributed by atoms with E-state index in [-0.39, 0.29) is 27.4 Å². The van der Waals surface area contributed by atoms with Gasteiger partial charge in [-0.1, -0.05) is 0 Å². The number of ether oxygens (including phenoxy) is 1. The number of aromatic nitrogens is 1. The van der Waals surface area contributed by atoms with Crippen LogP contribution in [0.3, 0.4) is 0 Å². The van der Waals surface area contributed by atoms with Gasteiger partial charge in [0.15, 0.2) is 17.2 Å². The number of nitrogens with two attached hydrogens (primary N) is 1. The highest BCUT2D eigenvalue weighted by molar-refractivity contribution is 9.10. The maximum atomic E-state index is 13.4. The minimum atomic E-state index is -0.499. The monoisotopic (exact) mass is 307 g/mol. The molecular formula is C12H7BrFN3O. The van der Waals surface area contributed by atoms with Crippen molar-refractivity contribution in [1.82, 2.24) is 4.98 Å². The third-order valence-electron chi connectivity index (χ3n) is 2.15. The molecule has 0 aliphatic heterocycles. The van der Waals surface area contributed by atoms with Crippen molar-refractivity contribution < 1.29 is 9.13 Å². The van der Waals surface area contributed by atoms with Gasteiger partial charge < -0.3 is 10.5 Å². The lowest BCUT2D eigenvalue weighted by atomic mass is 10.3. The summed E-state index contributed by atoms with van der Waals surface area (Å²) in [5.74, 6) is -0.129. The first kappa shape index (κ1) is 12.3. The van der Waals surface area contributed by atoms with E-state index in [0.717, 1.165) is 6.07 Å². The molecule has 0 bridgehead atoms. The topological polar surface area (TPSA) is 71.9 Å². The number of anilines is 1. The van der Waals surface area contributed by atoms with Crippen molar-refractivity contribution in [3.63, 3.8) is 0 Å². The van der Waals surface area contributed by atoms with Crippen LogP contribution in [-0.4, -0.2) is 4.98 Å². The molecule has 0 fully saturated rings. The Bertz CT molecular complexity index is 640. The van der Waals surface area contributed by atoms with E-state index < -0.39 is 5.82 Å². The van der Waals surface area contributed by atoms with Crippen molar-refractivity contribution in [2.45, 2.75) is 0 Å². The largest absolute Gasteiger partial charge is 0.452 e. The lowest BCUT2D eigenvalue weighted by Crippen LogP contribution is -1.96. The van der Waals surface area contributed by atoms with Gasteiger partial charge in [0.2, 0.25) is 0 Å². The van der Waals surface area contributed by atoms with Crippen molar-refractivity contribution in [3.05, 3.63) is 46.4 Å². The Kier molecular flexibility index (Phi) is 3.44. The van der Waals surface area contributed by atoms with Gasteiger partial charge in [0.05, 0.1) is 10.2 Å². The Morgan fingerprint density at radius 1 is 1.39 bits per heavy atom. The molecule has 2 N–H and O–H groups in total. The van der Waals surface area contributed by atoms with E-state index in [9.17, 15) is 4.39 Å². The Hall–Kier alpha value is -2.13. The average Bonchev–Trinajstić information content (AvgIpc) is 2.36. The molecular weight excluding hydrogens is 301 g/mol. The molecule has 2 aromatic rings. The number of nitrogen functional groups attached to an aromatic ring is 1. The summed E-state index contributed by atoms with van der Waals surface area (Å²) in [6.45, 7) is 0. The van der Waals surface area contributed by atoms with Gasteiger partial charge in [-0.15, -0.1) is 0 Å². The Labute approximate surface area is 111 Å². The lowest BCUT2D eigenvalue weighted by Gasteiger charge is -2.09. The van der Waals surface area contributed by atoms with Gasteiger partial charge in [-0.05, 0) is 34.1 Å². The highest BCUT2D eigenvalue weighted by Crippen LogP contribution is 2.32.